The predicted octanol–water partition coefficient (Wildman–Crippen LogP) is 2.05. The van der Waals surface area contributed by atoms with Crippen molar-refractivity contribution in [2.45, 2.75) is 6.92 Å². The summed E-state index contributed by atoms with van der Waals surface area (Å²) in [6.07, 6.45) is -0.530. The summed E-state index contributed by atoms with van der Waals surface area (Å²) in [5, 5.41) is 3.00. The summed E-state index contributed by atoms with van der Waals surface area (Å²) >= 11 is 6.03. The predicted molar refractivity (Wildman–Crippen MR) is 69.9 cm³/mol. The van der Waals surface area contributed by atoms with E-state index >= 15 is 0 Å². The fourth-order valence-corrected chi connectivity index (χ4v) is 1.70. The van der Waals surface area contributed by atoms with Crippen LogP contribution >= 0.6 is 11.6 Å². The maximum atomic E-state index is 11.6. The number of benzene rings is 1. The van der Waals surface area contributed by atoms with Gasteiger partial charge in [0.2, 0.25) is 5.91 Å². The average Bonchev–Trinajstić information content (AvgIpc) is 2.35. The SMILES string of the molecule is COC(=O)NCCN(C(C)=O)c1ccccc1Cl. The summed E-state index contributed by atoms with van der Waals surface area (Å²) < 4.78 is 4.44. The highest BCUT2D eigenvalue weighted by Crippen LogP contribution is 2.24. The Kier molecular flexibility index (Phi) is 5.45. The molecule has 0 saturated carbocycles. The molecule has 0 bridgehead atoms. The van der Waals surface area contributed by atoms with Gasteiger partial charge in [-0.1, -0.05) is 23.7 Å². The highest BCUT2D eigenvalue weighted by Gasteiger charge is 2.14. The topological polar surface area (TPSA) is 58.6 Å². The first-order valence-corrected chi connectivity index (χ1v) is 5.78. The van der Waals surface area contributed by atoms with Gasteiger partial charge in [-0.15, -0.1) is 0 Å². The van der Waals surface area contributed by atoms with Crippen molar-refractivity contribution in [1.82, 2.24) is 5.32 Å². The van der Waals surface area contributed by atoms with Crippen molar-refractivity contribution >= 4 is 29.3 Å². The van der Waals surface area contributed by atoms with Crippen molar-refractivity contribution in [1.29, 1.82) is 0 Å². The molecule has 2 amide bonds. The Morgan fingerprint density at radius 2 is 2.06 bits per heavy atom. The Bertz CT molecular complexity index is 437. The second kappa shape index (κ2) is 6.86. The lowest BCUT2D eigenvalue weighted by Gasteiger charge is -2.22. The molecule has 1 N–H and O–H groups in total. The van der Waals surface area contributed by atoms with Crippen LogP contribution < -0.4 is 10.2 Å². The van der Waals surface area contributed by atoms with Crippen LogP contribution in [0.3, 0.4) is 0 Å². The third-order valence-corrected chi connectivity index (χ3v) is 2.63. The van der Waals surface area contributed by atoms with Gasteiger partial charge in [0.15, 0.2) is 0 Å². The van der Waals surface area contributed by atoms with Crippen molar-refractivity contribution in [2.75, 3.05) is 25.1 Å². The molecule has 0 radical (unpaired) electrons. The van der Waals surface area contributed by atoms with Crippen LogP contribution in [0.5, 0.6) is 0 Å². The van der Waals surface area contributed by atoms with Gasteiger partial charge >= 0.3 is 6.09 Å². The summed E-state index contributed by atoms with van der Waals surface area (Å²) in [6, 6.07) is 7.05. The zero-order chi connectivity index (χ0) is 13.5. The molecule has 0 heterocycles. The van der Waals surface area contributed by atoms with E-state index in [1.807, 2.05) is 0 Å². The molecule has 1 rings (SSSR count). The van der Waals surface area contributed by atoms with Crippen LogP contribution in [0.1, 0.15) is 6.92 Å². The minimum atomic E-state index is -0.530. The quantitative estimate of drug-likeness (QED) is 0.911. The Balaban J connectivity index is 2.70. The summed E-state index contributed by atoms with van der Waals surface area (Å²) in [5.74, 6) is -0.144. The maximum absolute atomic E-state index is 11.6. The van der Waals surface area contributed by atoms with Crippen LogP contribution in [-0.2, 0) is 9.53 Å². The zero-order valence-electron chi connectivity index (χ0n) is 10.3. The zero-order valence-corrected chi connectivity index (χ0v) is 11.0. The molecule has 0 aliphatic heterocycles. The number of para-hydroxylation sites is 1. The van der Waals surface area contributed by atoms with Gasteiger partial charge in [0.25, 0.3) is 0 Å². The maximum Gasteiger partial charge on any atom is 0.406 e. The largest absolute Gasteiger partial charge is 0.453 e. The van der Waals surface area contributed by atoms with Crippen LogP contribution in [0.2, 0.25) is 5.02 Å². The third-order valence-electron chi connectivity index (χ3n) is 2.31. The van der Waals surface area contributed by atoms with Gasteiger partial charge in [0.05, 0.1) is 17.8 Å². The summed E-state index contributed by atoms with van der Waals surface area (Å²) in [6.45, 7) is 2.06. The minimum absolute atomic E-state index is 0.144. The van der Waals surface area contributed by atoms with Gasteiger partial charge in [0, 0.05) is 20.0 Å². The van der Waals surface area contributed by atoms with Crippen LogP contribution in [0.25, 0.3) is 0 Å². The average molecular weight is 271 g/mol. The molecule has 0 unspecified atom stereocenters. The molecule has 0 atom stereocenters. The van der Waals surface area contributed by atoms with Gasteiger partial charge < -0.3 is 15.0 Å². The Hall–Kier alpha value is -1.75. The van der Waals surface area contributed by atoms with E-state index in [9.17, 15) is 9.59 Å². The van der Waals surface area contributed by atoms with E-state index in [0.29, 0.717) is 17.3 Å². The lowest BCUT2D eigenvalue weighted by Crippen LogP contribution is -2.37. The Morgan fingerprint density at radius 3 is 2.61 bits per heavy atom. The fourth-order valence-electron chi connectivity index (χ4n) is 1.46. The molecular formula is C12H15ClN2O3. The van der Waals surface area contributed by atoms with Gasteiger partial charge in [-0.05, 0) is 12.1 Å². The van der Waals surface area contributed by atoms with Crippen LogP contribution in [0.15, 0.2) is 24.3 Å². The molecule has 0 aromatic heterocycles. The Labute approximate surface area is 111 Å². The van der Waals surface area contributed by atoms with E-state index in [0.717, 1.165) is 0 Å². The van der Waals surface area contributed by atoms with Gasteiger partial charge in [-0.25, -0.2) is 4.79 Å². The molecule has 1 aromatic rings. The lowest BCUT2D eigenvalue weighted by atomic mass is 10.3. The number of methoxy groups -OCH3 is 1. The van der Waals surface area contributed by atoms with E-state index in [2.05, 4.69) is 10.1 Å². The number of carbonyl (C=O) groups excluding carboxylic acids is 2. The van der Waals surface area contributed by atoms with Crippen molar-refractivity contribution in [2.24, 2.45) is 0 Å². The number of amides is 2. The van der Waals surface area contributed by atoms with Crippen LogP contribution in [0, 0.1) is 0 Å². The second-order valence-electron chi connectivity index (χ2n) is 3.54. The summed E-state index contributed by atoms with van der Waals surface area (Å²) in [5.41, 5.74) is 0.623. The van der Waals surface area contributed by atoms with Crippen LogP contribution in [-0.4, -0.2) is 32.2 Å². The summed E-state index contributed by atoms with van der Waals surface area (Å²) in [4.78, 5) is 24.0. The number of rotatable bonds is 4. The highest BCUT2D eigenvalue weighted by molar-refractivity contribution is 6.33. The number of anilines is 1. The molecule has 0 spiro atoms. The van der Waals surface area contributed by atoms with Crippen molar-refractivity contribution in [3.63, 3.8) is 0 Å². The number of nitrogens with zero attached hydrogens (tertiary/aromatic N) is 1. The summed E-state index contributed by atoms with van der Waals surface area (Å²) in [7, 11) is 1.28. The number of hydrogen-bond donors (Lipinski definition) is 1. The third kappa shape index (κ3) is 3.92. The number of ether oxygens (including phenoxy) is 1. The van der Waals surface area contributed by atoms with Crippen molar-refractivity contribution in [3.05, 3.63) is 29.3 Å². The monoisotopic (exact) mass is 270 g/mol. The molecule has 18 heavy (non-hydrogen) atoms. The number of halogens is 1. The molecule has 0 saturated heterocycles. The van der Waals surface area contributed by atoms with E-state index in [4.69, 9.17) is 11.6 Å². The normalized spacial score (nSPS) is 9.72. The van der Waals surface area contributed by atoms with Gasteiger partial charge in [-0.3, -0.25) is 4.79 Å². The van der Waals surface area contributed by atoms with Gasteiger partial charge in [0.1, 0.15) is 0 Å². The minimum Gasteiger partial charge on any atom is -0.453 e. The molecule has 0 fully saturated rings. The first-order valence-electron chi connectivity index (χ1n) is 5.40. The number of alkyl carbamates (subject to hydrolysis) is 1. The van der Waals surface area contributed by atoms with E-state index in [1.54, 1.807) is 24.3 Å². The molecule has 1 aromatic carbocycles. The van der Waals surface area contributed by atoms with Crippen molar-refractivity contribution < 1.29 is 14.3 Å². The molecule has 6 heteroatoms. The number of hydrogen-bond acceptors (Lipinski definition) is 3. The second-order valence-corrected chi connectivity index (χ2v) is 3.95. The lowest BCUT2D eigenvalue weighted by molar-refractivity contribution is -0.116. The first kappa shape index (κ1) is 14.3. The van der Waals surface area contributed by atoms with E-state index < -0.39 is 6.09 Å². The van der Waals surface area contributed by atoms with Crippen LogP contribution in [0.4, 0.5) is 10.5 Å². The smallest absolute Gasteiger partial charge is 0.406 e. The standard InChI is InChI=1S/C12H15ClN2O3/c1-9(16)15(8-7-14-12(17)18-2)11-6-4-3-5-10(11)13/h3-6H,7-8H2,1-2H3,(H,14,17). The van der Waals surface area contributed by atoms with E-state index in [-0.39, 0.29) is 12.5 Å². The molecule has 98 valence electrons. The Morgan fingerprint density at radius 1 is 1.39 bits per heavy atom. The molecule has 0 aliphatic rings. The van der Waals surface area contributed by atoms with Gasteiger partial charge in [-0.2, -0.15) is 0 Å². The molecule has 0 aliphatic carbocycles. The van der Waals surface area contributed by atoms with Crippen molar-refractivity contribution in [3.8, 4) is 0 Å². The molecular weight excluding hydrogens is 256 g/mol. The van der Waals surface area contributed by atoms with E-state index in [1.165, 1.54) is 18.9 Å². The first-order chi connectivity index (χ1) is 8.56. The fraction of sp³-hybridized carbons (Fsp3) is 0.333. The highest BCUT2D eigenvalue weighted by atomic mass is 35.5. The number of nitrogens with one attached hydrogen (secondary N) is 1. The number of carbonyl (C=O) groups is 2. The molecule has 5 nitrogen and oxygen atoms in total.